The van der Waals surface area contributed by atoms with Crippen molar-refractivity contribution in [3.63, 3.8) is 0 Å². The molecule has 3 aromatic carbocycles. The number of hydrogen-bond acceptors (Lipinski definition) is 5. The fraction of sp³-hybridized carbons (Fsp3) is 0.185. The maximum atomic E-state index is 12.7. The van der Waals surface area contributed by atoms with Crippen molar-refractivity contribution in [2.24, 2.45) is 0 Å². The number of aliphatic carboxylic acids is 1. The van der Waals surface area contributed by atoms with E-state index in [0.29, 0.717) is 17.1 Å². The number of carboxylic acids is 1. The zero-order valence-corrected chi connectivity index (χ0v) is 19.0. The first-order chi connectivity index (χ1) is 17.2. The Labute approximate surface area is 205 Å². The molecule has 0 aliphatic rings. The van der Waals surface area contributed by atoms with E-state index in [2.05, 4.69) is 0 Å². The second-order valence-corrected chi connectivity index (χ2v) is 7.89. The van der Waals surface area contributed by atoms with Crippen LogP contribution in [0.2, 0.25) is 0 Å². The van der Waals surface area contributed by atoms with E-state index < -0.39 is 23.6 Å². The molecule has 0 radical (unpaired) electrons. The third-order valence-corrected chi connectivity index (χ3v) is 5.25. The van der Waals surface area contributed by atoms with Crippen LogP contribution in [0.1, 0.15) is 35.4 Å². The highest BCUT2D eigenvalue weighted by Crippen LogP contribution is 2.32. The van der Waals surface area contributed by atoms with Crippen LogP contribution in [-0.2, 0) is 17.6 Å². The maximum absolute atomic E-state index is 12.7. The normalized spacial score (nSPS) is 12.3. The van der Waals surface area contributed by atoms with Gasteiger partial charge in [0.05, 0.1) is 18.2 Å². The number of benzene rings is 3. The lowest BCUT2D eigenvalue weighted by molar-refractivity contribution is -0.138. The molecule has 3 aromatic rings. The Morgan fingerprint density at radius 2 is 1.64 bits per heavy atom. The highest BCUT2D eigenvalue weighted by Gasteiger charge is 2.30. The van der Waals surface area contributed by atoms with Gasteiger partial charge in [-0.1, -0.05) is 24.3 Å². The minimum Gasteiger partial charge on any atom is -0.516 e. The van der Waals surface area contributed by atoms with Gasteiger partial charge in [-0.05, 0) is 65.7 Å². The summed E-state index contributed by atoms with van der Waals surface area (Å²) in [6.07, 6.45) is -2.32. The number of aliphatic hydroxyl groups excluding tert-OH is 1. The van der Waals surface area contributed by atoms with Crippen molar-refractivity contribution in [2.45, 2.75) is 31.5 Å². The van der Waals surface area contributed by atoms with E-state index in [1.165, 1.54) is 18.2 Å². The van der Waals surface area contributed by atoms with Crippen LogP contribution in [0, 0.1) is 5.41 Å². The second kappa shape index (κ2) is 11.9. The summed E-state index contributed by atoms with van der Waals surface area (Å²) in [5.41, 5.74) is 0.829. The van der Waals surface area contributed by atoms with Gasteiger partial charge in [0.25, 0.3) is 0 Å². The van der Waals surface area contributed by atoms with Crippen molar-refractivity contribution >= 4 is 11.7 Å². The van der Waals surface area contributed by atoms with Gasteiger partial charge >= 0.3 is 12.1 Å². The van der Waals surface area contributed by atoms with Gasteiger partial charge in [-0.15, -0.1) is 0 Å². The third kappa shape index (κ3) is 7.63. The monoisotopic (exact) mass is 499 g/mol. The summed E-state index contributed by atoms with van der Waals surface area (Å²) in [6, 6.07) is 18.1. The van der Waals surface area contributed by atoms with Gasteiger partial charge in [0, 0.05) is 18.1 Å². The van der Waals surface area contributed by atoms with Crippen molar-refractivity contribution in [1.82, 2.24) is 0 Å². The lowest BCUT2D eigenvalue weighted by Crippen LogP contribution is -2.15. The van der Waals surface area contributed by atoms with Gasteiger partial charge in [0.1, 0.15) is 23.9 Å². The molecule has 0 aliphatic carbocycles. The van der Waals surface area contributed by atoms with Gasteiger partial charge in [-0.3, -0.25) is 4.79 Å². The van der Waals surface area contributed by atoms with Crippen LogP contribution in [0.4, 0.5) is 13.2 Å². The summed E-state index contributed by atoms with van der Waals surface area (Å²) in [6.45, 7) is 0.194. The van der Waals surface area contributed by atoms with Gasteiger partial charge in [-0.2, -0.15) is 13.2 Å². The molecule has 0 aromatic heterocycles. The van der Waals surface area contributed by atoms with E-state index in [9.17, 15) is 23.1 Å². The number of hydrogen-bond donors (Lipinski definition) is 3. The van der Waals surface area contributed by atoms with E-state index in [-0.39, 0.29) is 30.9 Å². The molecule has 36 heavy (non-hydrogen) atoms. The average Bonchev–Trinajstić information content (AvgIpc) is 2.85. The van der Waals surface area contributed by atoms with Gasteiger partial charge in [0.2, 0.25) is 0 Å². The van der Waals surface area contributed by atoms with E-state index in [1.54, 1.807) is 42.5 Å². The van der Waals surface area contributed by atoms with E-state index in [1.807, 2.05) is 6.07 Å². The number of ether oxygens (including phenoxy) is 2. The molecule has 0 saturated heterocycles. The summed E-state index contributed by atoms with van der Waals surface area (Å²) >= 11 is 0. The van der Waals surface area contributed by atoms with Gasteiger partial charge in [0.15, 0.2) is 0 Å². The van der Waals surface area contributed by atoms with Crippen molar-refractivity contribution in [1.29, 1.82) is 5.41 Å². The molecule has 0 aliphatic heterocycles. The minimum atomic E-state index is -4.41. The number of allylic oxidation sites excluding steroid dienone is 1. The molecule has 0 bridgehead atoms. The van der Waals surface area contributed by atoms with Crippen LogP contribution in [0.5, 0.6) is 17.2 Å². The Kier molecular flexibility index (Phi) is 8.72. The highest BCUT2D eigenvalue weighted by molar-refractivity contribution is 5.92. The molecule has 188 valence electrons. The Morgan fingerprint density at radius 1 is 0.972 bits per heavy atom. The van der Waals surface area contributed by atoms with Crippen molar-refractivity contribution in [2.75, 3.05) is 0 Å². The Morgan fingerprint density at radius 3 is 2.25 bits per heavy atom. The third-order valence-electron chi connectivity index (χ3n) is 5.25. The minimum absolute atomic E-state index is 0.136. The van der Waals surface area contributed by atoms with Crippen LogP contribution in [0.3, 0.4) is 0 Å². The summed E-state index contributed by atoms with van der Waals surface area (Å²) in [5, 5.41) is 26.2. The quantitative estimate of drug-likeness (QED) is 0.193. The summed E-state index contributed by atoms with van der Waals surface area (Å²) in [7, 11) is 0. The molecular formula is C27H24F3NO5. The fourth-order valence-corrected chi connectivity index (χ4v) is 3.45. The average molecular weight is 499 g/mol. The van der Waals surface area contributed by atoms with Crippen LogP contribution < -0.4 is 9.47 Å². The Hall–Kier alpha value is -4.27. The first-order valence-electron chi connectivity index (χ1n) is 10.9. The summed E-state index contributed by atoms with van der Waals surface area (Å²) in [5.74, 6) is -0.419. The Balaban J connectivity index is 1.62. The number of carboxylic acid groups (broad SMARTS) is 1. The maximum Gasteiger partial charge on any atom is 0.416 e. The van der Waals surface area contributed by atoms with Gasteiger partial charge in [-0.25, -0.2) is 0 Å². The number of aliphatic hydroxyl groups is 1. The number of rotatable bonds is 11. The van der Waals surface area contributed by atoms with Gasteiger partial charge < -0.3 is 25.1 Å². The fourth-order valence-electron chi connectivity index (χ4n) is 3.45. The van der Waals surface area contributed by atoms with E-state index >= 15 is 0 Å². The van der Waals surface area contributed by atoms with E-state index in [4.69, 9.17) is 20.0 Å². The zero-order chi connectivity index (χ0) is 26.1. The smallest absolute Gasteiger partial charge is 0.416 e. The van der Waals surface area contributed by atoms with Crippen LogP contribution in [-0.4, -0.2) is 21.9 Å². The largest absolute Gasteiger partial charge is 0.516 e. The molecular weight excluding hydrogens is 475 g/mol. The van der Waals surface area contributed by atoms with Crippen molar-refractivity contribution in [3.8, 4) is 17.2 Å². The number of halogens is 3. The topological polar surface area (TPSA) is 99.8 Å². The molecule has 1 unspecified atom stereocenters. The zero-order valence-electron chi connectivity index (χ0n) is 19.0. The van der Waals surface area contributed by atoms with Crippen LogP contribution in [0.25, 0.3) is 0 Å². The van der Waals surface area contributed by atoms with Crippen molar-refractivity contribution in [3.05, 3.63) is 102 Å². The standard InChI is InChI=1S/C27H24F3NO5/c28-27(29,30)20-8-12-22(13-9-20)36-23-4-1-3-18(15-23)17-35-21-10-6-19(7-11-21)24(16-26(33)34)25(31)5-2-14-32/h1-4,6-15,24,31-32H,5,16-17H2,(H,33,34)/b14-2-,31-25?. The molecule has 3 N–H and O–H groups in total. The first kappa shape index (κ1) is 26.3. The lowest BCUT2D eigenvalue weighted by atomic mass is 9.89. The molecule has 0 amide bonds. The Bertz CT molecular complexity index is 1210. The van der Waals surface area contributed by atoms with Crippen LogP contribution in [0.15, 0.2) is 85.1 Å². The predicted molar refractivity (Wildman–Crippen MR) is 128 cm³/mol. The molecule has 1 atom stereocenters. The summed E-state index contributed by atoms with van der Waals surface area (Å²) in [4.78, 5) is 11.2. The first-order valence-corrected chi connectivity index (χ1v) is 10.9. The van der Waals surface area contributed by atoms with Crippen LogP contribution >= 0.6 is 0 Å². The lowest BCUT2D eigenvalue weighted by Gasteiger charge is -2.16. The second-order valence-electron chi connectivity index (χ2n) is 7.89. The number of alkyl halides is 3. The molecule has 0 saturated carbocycles. The molecule has 6 nitrogen and oxygen atoms in total. The predicted octanol–water partition coefficient (Wildman–Crippen LogP) is 7.12. The molecule has 0 fully saturated rings. The van der Waals surface area contributed by atoms with Crippen molar-refractivity contribution < 1.29 is 37.7 Å². The number of carbonyl (C=O) groups is 1. The molecule has 3 rings (SSSR count). The number of nitrogens with one attached hydrogen (secondary N) is 1. The highest BCUT2D eigenvalue weighted by atomic mass is 19.4. The molecule has 0 heterocycles. The SMILES string of the molecule is N=C(C/C=C\O)C(CC(=O)O)c1ccc(OCc2cccc(Oc3ccc(C(F)(F)F)cc3)c2)cc1. The van der Waals surface area contributed by atoms with E-state index in [0.717, 1.165) is 24.0 Å². The molecule has 9 heteroatoms. The molecule has 0 spiro atoms. The summed E-state index contributed by atoms with van der Waals surface area (Å²) < 4.78 is 49.6.